The summed E-state index contributed by atoms with van der Waals surface area (Å²) in [4.78, 5) is 0. The minimum absolute atomic E-state index is 1.11. The van der Waals surface area contributed by atoms with Gasteiger partial charge in [-0.1, -0.05) is 210 Å². The van der Waals surface area contributed by atoms with Gasteiger partial charge in [0.25, 0.3) is 0 Å². The first-order chi connectivity index (χ1) is 20.9. The van der Waals surface area contributed by atoms with E-state index in [0.29, 0.717) is 0 Å². The molecule has 0 saturated carbocycles. The van der Waals surface area contributed by atoms with E-state index >= 15 is 0 Å². The second kappa shape index (κ2) is 40.0. The van der Waals surface area contributed by atoms with Crippen molar-refractivity contribution < 1.29 is 0 Å². The third-order valence-corrected chi connectivity index (χ3v) is 8.63. The van der Waals surface area contributed by atoms with Crippen molar-refractivity contribution in [2.45, 2.75) is 219 Å². The number of hydrogen-bond acceptors (Lipinski definition) is 0. The molecule has 0 bridgehead atoms. The Kier molecular flexibility index (Phi) is 39.0. The highest BCUT2D eigenvalue weighted by Gasteiger charge is 1.95. The third kappa shape index (κ3) is 39.0. The van der Waals surface area contributed by atoms with Crippen molar-refractivity contribution in [1.82, 2.24) is 0 Å². The molecule has 0 aliphatic carbocycles. The molecule has 1 radical (unpaired) electrons. The molecule has 0 heteroatoms. The van der Waals surface area contributed by atoms with Crippen molar-refractivity contribution in [3.63, 3.8) is 0 Å². The van der Waals surface area contributed by atoms with Gasteiger partial charge in [-0.25, -0.2) is 0 Å². The largest absolute Gasteiger partial charge is 0.0885 e. The molecule has 0 heterocycles. The van der Waals surface area contributed by atoms with Gasteiger partial charge in [-0.2, -0.15) is 0 Å². The average molecular weight is 582 g/mol. The number of allylic oxidation sites excluding steroid dienone is 8. The Morgan fingerprint density at radius 2 is 0.643 bits per heavy atom. The molecule has 0 N–H and O–H groups in total. The fourth-order valence-corrected chi connectivity index (χ4v) is 5.73. The van der Waals surface area contributed by atoms with Gasteiger partial charge in [0.05, 0.1) is 0 Å². The van der Waals surface area contributed by atoms with E-state index in [-0.39, 0.29) is 0 Å². The maximum atomic E-state index is 3.44. The predicted molar refractivity (Wildman–Crippen MR) is 194 cm³/mol. The summed E-state index contributed by atoms with van der Waals surface area (Å²) in [6.07, 6.45) is 63.9. The topological polar surface area (TPSA) is 0 Å². The summed E-state index contributed by atoms with van der Waals surface area (Å²) < 4.78 is 0. The van der Waals surface area contributed by atoms with Gasteiger partial charge >= 0.3 is 0 Å². The van der Waals surface area contributed by atoms with Crippen LogP contribution in [0.1, 0.15) is 219 Å². The summed E-state index contributed by atoms with van der Waals surface area (Å²) in [5, 5.41) is 0. The van der Waals surface area contributed by atoms with Gasteiger partial charge in [0, 0.05) is 0 Å². The monoisotopic (exact) mass is 582 g/mol. The van der Waals surface area contributed by atoms with E-state index in [4.69, 9.17) is 0 Å². The lowest BCUT2D eigenvalue weighted by molar-refractivity contribution is 0.530. The molecular weight excluding hydrogens is 504 g/mol. The lowest BCUT2D eigenvalue weighted by atomic mass is 10.0. The molecule has 0 aromatic carbocycles. The van der Waals surface area contributed by atoms with E-state index in [0.717, 1.165) is 6.42 Å². The minimum Gasteiger partial charge on any atom is -0.0885 e. The molecule has 0 saturated heterocycles. The molecule has 0 atom stereocenters. The first kappa shape index (κ1) is 41.0. The Balaban J connectivity index is 3.25. The van der Waals surface area contributed by atoms with Gasteiger partial charge in [0.15, 0.2) is 0 Å². The van der Waals surface area contributed by atoms with Crippen LogP contribution >= 0.6 is 0 Å². The van der Waals surface area contributed by atoms with Crippen molar-refractivity contribution in [3.8, 4) is 0 Å². The maximum Gasteiger partial charge on any atom is -0.0276 e. The second-order valence-electron chi connectivity index (χ2n) is 13.0. The van der Waals surface area contributed by atoms with Crippen molar-refractivity contribution in [2.24, 2.45) is 0 Å². The predicted octanol–water partition coefficient (Wildman–Crippen LogP) is 15.5. The highest BCUT2D eigenvalue weighted by atomic mass is 14.0. The van der Waals surface area contributed by atoms with Gasteiger partial charge in [-0.3, -0.25) is 0 Å². The van der Waals surface area contributed by atoms with E-state index < -0.39 is 0 Å². The van der Waals surface area contributed by atoms with Crippen LogP contribution < -0.4 is 0 Å². The fraction of sp³-hybridized carbons (Fsp3) is 0.810. The normalized spacial score (nSPS) is 12.3. The van der Waals surface area contributed by atoms with Gasteiger partial charge in [-0.15, -0.1) is 0 Å². The van der Waals surface area contributed by atoms with Crippen LogP contribution in [0.2, 0.25) is 0 Å². The molecular formula is C42H77. The zero-order chi connectivity index (χ0) is 30.3. The van der Waals surface area contributed by atoms with Gasteiger partial charge < -0.3 is 0 Å². The van der Waals surface area contributed by atoms with Gasteiger partial charge in [0.2, 0.25) is 0 Å². The summed E-state index contributed by atoms with van der Waals surface area (Å²) >= 11 is 0. The molecule has 42 heavy (non-hydrogen) atoms. The molecule has 0 unspecified atom stereocenters. The summed E-state index contributed by atoms with van der Waals surface area (Å²) in [5.74, 6) is 0. The molecule has 0 nitrogen and oxygen atoms in total. The van der Waals surface area contributed by atoms with Crippen molar-refractivity contribution in [3.05, 3.63) is 48.6 Å². The molecule has 0 rings (SSSR count). The summed E-state index contributed by atoms with van der Waals surface area (Å²) in [5.41, 5.74) is 0. The molecule has 0 fully saturated rings. The summed E-state index contributed by atoms with van der Waals surface area (Å²) in [6, 6.07) is 0. The Morgan fingerprint density at radius 1 is 0.310 bits per heavy atom. The van der Waals surface area contributed by atoms with E-state index in [1.807, 2.05) is 0 Å². The van der Waals surface area contributed by atoms with Crippen molar-refractivity contribution >= 4 is 0 Å². The highest BCUT2D eigenvalue weighted by Crippen LogP contribution is 2.14. The average Bonchev–Trinajstić information content (AvgIpc) is 3.00. The van der Waals surface area contributed by atoms with E-state index in [2.05, 4.69) is 62.5 Å². The lowest BCUT2D eigenvalue weighted by Crippen LogP contribution is -1.83. The SMILES string of the molecule is CCCCCCCC/C=C\CCCCCCCC/[C]=C/C=CC=CCCCCCCCCCCCCCCCCCC. The Hall–Kier alpha value is -1.04. The first-order valence-corrected chi connectivity index (χ1v) is 19.4. The van der Waals surface area contributed by atoms with E-state index in [9.17, 15) is 0 Å². The number of hydrogen-bond donors (Lipinski definition) is 0. The van der Waals surface area contributed by atoms with Crippen LogP contribution in [0.15, 0.2) is 42.5 Å². The molecule has 0 aliphatic rings. The standard InChI is InChI=1S/C42H77/c1-3-5-7-9-11-13-15-17-19-21-23-25-27-29-31-33-35-37-39-41-42-40-38-36-34-32-30-28-26-24-22-20-18-16-14-12-10-8-6-4-2/h17,19,38-42H,3-16,18,20-36H2,1-2H3/b19-17-,39-37?,40-38?,42-41?. The van der Waals surface area contributed by atoms with Crippen LogP contribution in [0.3, 0.4) is 0 Å². The van der Waals surface area contributed by atoms with E-state index in [1.165, 1.54) is 199 Å². The van der Waals surface area contributed by atoms with Crippen LogP contribution in [0.5, 0.6) is 0 Å². The number of unbranched alkanes of at least 4 members (excludes halogenated alkanes) is 29. The Labute approximate surface area is 267 Å². The van der Waals surface area contributed by atoms with Gasteiger partial charge in [-0.05, 0) is 57.4 Å². The lowest BCUT2D eigenvalue weighted by Gasteiger charge is -2.03. The molecule has 0 aromatic heterocycles. The first-order valence-electron chi connectivity index (χ1n) is 19.4. The Morgan fingerprint density at radius 3 is 1.05 bits per heavy atom. The van der Waals surface area contributed by atoms with E-state index in [1.54, 1.807) is 0 Å². The van der Waals surface area contributed by atoms with Crippen LogP contribution in [0, 0.1) is 6.08 Å². The zero-order valence-corrected chi connectivity index (χ0v) is 29.2. The van der Waals surface area contributed by atoms with Crippen molar-refractivity contribution in [1.29, 1.82) is 0 Å². The van der Waals surface area contributed by atoms with Gasteiger partial charge in [0.1, 0.15) is 0 Å². The fourth-order valence-electron chi connectivity index (χ4n) is 5.73. The third-order valence-electron chi connectivity index (χ3n) is 8.63. The van der Waals surface area contributed by atoms with Crippen LogP contribution in [-0.4, -0.2) is 0 Å². The quantitative estimate of drug-likeness (QED) is 0.0396. The molecule has 0 aliphatic heterocycles. The summed E-state index contributed by atoms with van der Waals surface area (Å²) in [6.45, 7) is 4.59. The van der Waals surface area contributed by atoms with Crippen molar-refractivity contribution in [2.75, 3.05) is 0 Å². The maximum absolute atomic E-state index is 3.44. The molecule has 0 amide bonds. The second-order valence-corrected chi connectivity index (χ2v) is 13.0. The van der Waals surface area contributed by atoms with Crippen LogP contribution in [-0.2, 0) is 0 Å². The smallest absolute Gasteiger partial charge is 0.0276 e. The van der Waals surface area contributed by atoms with Crippen LogP contribution in [0.4, 0.5) is 0 Å². The Bertz CT molecular complexity index is 577. The molecule has 0 spiro atoms. The highest BCUT2D eigenvalue weighted by molar-refractivity contribution is 5.09. The molecule has 0 aromatic rings. The molecule has 245 valence electrons. The van der Waals surface area contributed by atoms with Crippen LogP contribution in [0.25, 0.3) is 0 Å². The zero-order valence-electron chi connectivity index (χ0n) is 29.2. The minimum atomic E-state index is 1.11. The summed E-state index contributed by atoms with van der Waals surface area (Å²) in [7, 11) is 0. The number of rotatable bonds is 35.